The molecule has 2 rings (SSSR count). The molecule has 0 unspecified atom stereocenters. The van der Waals surface area contributed by atoms with Crippen LogP contribution in [-0.4, -0.2) is 22.0 Å². The van der Waals surface area contributed by atoms with Crippen LogP contribution in [0.3, 0.4) is 0 Å². The van der Waals surface area contributed by atoms with Gasteiger partial charge < -0.3 is 10.6 Å². The van der Waals surface area contributed by atoms with E-state index in [1.807, 2.05) is 12.4 Å². The highest BCUT2D eigenvalue weighted by molar-refractivity contribution is 9.10. The lowest BCUT2D eigenvalue weighted by Crippen LogP contribution is -2.03. The van der Waals surface area contributed by atoms with Crippen molar-refractivity contribution in [2.24, 2.45) is 0 Å². The zero-order valence-electron chi connectivity index (χ0n) is 8.57. The fourth-order valence-corrected chi connectivity index (χ4v) is 1.95. The maximum absolute atomic E-state index is 4.34. The minimum Gasteiger partial charge on any atom is -0.365 e. The third kappa shape index (κ3) is 2.89. The van der Waals surface area contributed by atoms with Gasteiger partial charge in [-0.3, -0.25) is 0 Å². The van der Waals surface area contributed by atoms with Crippen molar-refractivity contribution in [3.8, 4) is 0 Å². The second kappa shape index (κ2) is 5.22. The first kappa shape index (κ1) is 11.3. The maximum Gasteiger partial charge on any atom is 0.222 e. The number of hydrogen-bond donors (Lipinski definition) is 2. The number of anilines is 2. The van der Waals surface area contributed by atoms with Crippen molar-refractivity contribution in [1.82, 2.24) is 15.0 Å². The first-order valence-corrected chi connectivity index (χ1v) is 6.29. The summed E-state index contributed by atoms with van der Waals surface area (Å²) in [7, 11) is 1.86. The number of nitrogens with one attached hydrogen (secondary N) is 2. The van der Waals surface area contributed by atoms with Gasteiger partial charge in [0.25, 0.3) is 0 Å². The summed E-state index contributed by atoms with van der Waals surface area (Å²) in [5, 5.41) is 9.00. The molecule has 0 saturated carbocycles. The van der Waals surface area contributed by atoms with Crippen LogP contribution in [0.1, 0.15) is 5.69 Å². The molecule has 84 valence electrons. The Bertz CT molecular complexity index is 455. The third-order valence-electron chi connectivity index (χ3n) is 1.81. The second-order valence-electron chi connectivity index (χ2n) is 2.97. The molecule has 0 amide bonds. The highest BCUT2D eigenvalue weighted by atomic mass is 79.9. The number of nitrogens with zero attached hydrogens (tertiary/aromatic N) is 3. The summed E-state index contributed by atoms with van der Waals surface area (Å²) in [6, 6.07) is 0. The van der Waals surface area contributed by atoms with Crippen molar-refractivity contribution in [2.75, 3.05) is 17.7 Å². The van der Waals surface area contributed by atoms with E-state index in [9.17, 15) is 0 Å². The van der Waals surface area contributed by atoms with E-state index in [2.05, 4.69) is 41.5 Å². The Morgan fingerprint density at radius 2 is 2.12 bits per heavy atom. The molecule has 0 spiro atoms. The van der Waals surface area contributed by atoms with Gasteiger partial charge in [0, 0.05) is 24.8 Å². The lowest BCUT2D eigenvalue weighted by atomic mass is 10.5. The van der Waals surface area contributed by atoms with Crippen LogP contribution in [0, 0.1) is 0 Å². The van der Waals surface area contributed by atoms with Gasteiger partial charge in [-0.05, 0) is 15.9 Å². The van der Waals surface area contributed by atoms with Gasteiger partial charge in [-0.1, -0.05) is 0 Å². The molecule has 0 radical (unpaired) electrons. The van der Waals surface area contributed by atoms with E-state index in [-0.39, 0.29) is 0 Å². The Kier molecular flexibility index (Phi) is 3.68. The van der Waals surface area contributed by atoms with Gasteiger partial charge >= 0.3 is 0 Å². The average molecular weight is 300 g/mol. The molecule has 0 aliphatic rings. The fourth-order valence-electron chi connectivity index (χ4n) is 1.08. The highest BCUT2D eigenvalue weighted by Crippen LogP contribution is 2.15. The van der Waals surface area contributed by atoms with E-state index >= 15 is 0 Å². The normalized spacial score (nSPS) is 10.1. The minimum absolute atomic E-state index is 0.599. The molecule has 2 N–H and O–H groups in total. The van der Waals surface area contributed by atoms with Crippen LogP contribution in [0.4, 0.5) is 11.1 Å². The Morgan fingerprint density at radius 1 is 1.38 bits per heavy atom. The van der Waals surface area contributed by atoms with Crippen LogP contribution in [0.2, 0.25) is 0 Å². The molecule has 0 fully saturated rings. The van der Waals surface area contributed by atoms with Crippen LogP contribution < -0.4 is 10.6 Å². The van der Waals surface area contributed by atoms with Crippen LogP contribution in [-0.2, 0) is 6.54 Å². The smallest absolute Gasteiger partial charge is 0.222 e. The van der Waals surface area contributed by atoms with Crippen LogP contribution in [0.5, 0.6) is 0 Å². The fraction of sp³-hybridized carbons (Fsp3) is 0.222. The summed E-state index contributed by atoms with van der Waals surface area (Å²) in [5.74, 6) is 0.599. The molecule has 0 aromatic carbocycles. The number of thiazole rings is 1. The molecule has 0 bridgehead atoms. The first-order valence-electron chi connectivity index (χ1n) is 4.61. The lowest BCUT2D eigenvalue weighted by Gasteiger charge is -2.01. The number of aromatic nitrogens is 3. The second-order valence-corrected chi connectivity index (χ2v) is 4.75. The molecule has 0 aliphatic carbocycles. The van der Waals surface area contributed by atoms with Gasteiger partial charge in [0.05, 0.1) is 16.7 Å². The zero-order valence-corrected chi connectivity index (χ0v) is 11.0. The van der Waals surface area contributed by atoms with Gasteiger partial charge in [0.15, 0.2) is 5.13 Å². The SMILES string of the molecule is CNc1nc(CNc2ncc(Br)cn2)cs1. The molecular formula is C9H10BrN5S. The standard InChI is InChI=1S/C9H10BrN5S/c1-11-9-15-7(5-16-9)4-14-8-12-2-6(10)3-13-8/h2-3,5H,4H2,1H3,(H,11,15)(H,12,13,14). The van der Waals surface area contributed by atoms with Gasteiger partial charge in [-0.2, -0.15) is 0 Å². The van der Waals surface area contributed by atoms with E-state index in [1.54, 1.807) is 23.7 Å². The Morgan fingerprint density at radius 3 is 2.75 bits per heavy atom. The van der Waals surface area contributed by atoms with E-state index < -0.39 is 0 Å². The third-order valence-corrected chi connectivity index (χ3v) is 3.13. The molecular weight excluding hydrogens is 290 g/mol. The zero-order chi connectivity index (χ0) is 11.4. The average Bonchev–Trinajstić information content (AvgIpc) is 2.76. The maximum atomic E-state index is 4.34. The van der Waals surface area contributed by atoms with E-state index in [0.29, 0.717) is 12.5 Å². The van der Waals surface area contributed by atoms with Crippen LogP contribution in [0.25, 0.3) is 0 Å². The van der Waals surface area contributed by atoms with Crippen LogP contribution in [0.15, 0.2) is 22.2 Å². The number of halogens is 1. The molecule has 16 heavy (non-hydrogen) atoms. The van der Waals surface area contributed by atoms with Crippen molar-refractivity contribution >= 4 is 38.3 Å². The number of rotatable bonds is 4. The predicted molar refractivity (Wildman–Crippen MR) is 68.7 cm³/mol. The molecule has 0 atom stereocenters. The molecule has 0 aliphatic heterocycles. The summed E-state index contributed by atoms with van der Waals surface area (Å²) in [6.07, 6.45) is 3.41. The van der Waals surface area contributed by atoms with Gasteiger partial charge in [-0.15, -0.1) is 11.3 Å². The summed E-state index contributed by atoms with van der Waals surface area (Å²) in [5.41, 5.74) is 0.973. The topological polar surface area (TPSA) is 62.7 Å². The van der Waals surface area contributed by atoms with Crippen molar-refractivity contribution in [2.45, 2.75) is 6.54 Å². The molecule has 5 nitrogen and oxygen atoms in total. The first-order chi connectivity index (χ1) is 7.78. The Labute approximate surface area is 105 Å². The largest absolute Gasteiger partial charge is 0.365 e. The van der Waals surface area contributed by atoms with Crippen molar-refractivity contribution in [3.63, 3.8) is 0 Å². The monoisotopic (exact) mass is 299 g/mol. The van der Waals surface area contributed by atoms with E-state index in [4.69, 9.17) is 0 Å². The van der Waals surface area contributed by atoms with E-state index in [0.717, 1.165) is 15.3 Å². The molecule has 7 heteroatoms. The molecule has 2 heterocycles. The lowest BCUT2D eigenvalue weighted by molar-refractivity contribution is 1.01. The Balaban J connectivity index is 1.94. The van der Waals surface area contributed by atoms with E-state index in [1.165, 1.54) is 0 Å². The van der Waals surface area contributed by atoms with Crippen LogP contribution >= 0.6 is 27.3 Å². The quantitative estimate of drug-likeness (QED) is 0.907. The van der Waals surface area contributed by atoms with Crippen molar-refractivity contribution in [1.29, 1.82) is 0 Å². The van der Waals surface area contributed by atoms with Gasteiger partial charge in [0.1, 0.15) is 0 Å². The molecule has 2 aromatic heterocycles. The minimum atomic E-state index is 0.599. The predicted octanol–water partition coefficient (Wildman–Crippen LogP) is 2.35. The van der Waals surface area contributed by atoms with Crippen molar-refractivity contribution in [3.05, 3.63) is 27.9 Å². The Hall–Kier alpha value is -1.21. The molecule has 0 saturated heterocycles. The summed E-state index contributed by atoms with van der Waals surface area (Å²) < 4.78 is 0.865. The summed E-state index contributed by atoms with van der Waals surface area (Å²) >= 11 is 4.86. The summed E-state index contributed by atoms with van der Waals surface area (Å²) in [6.45, 7) is 0.625. The molecule has 2 aromatic rings. The van der Waals surface area contributed by atoms with Gasteiger partial charge in [-0.25, -0.2) is 15.0 Å². The highest BCUT2D eigenvalue weighted by Gasteiger charge is 2.01. The summed E-state index contributed by atoms with van der Waals surface area (Å²) in [4.78, 5) is 12.6. The van der Waals surface area contributed by atoms with Gasteiger partial charge in [0.2, 0.25) is 5.95 Å². The number of hydrogen-bond acceptors (Lipinski definition) is 6. The van der Waals surface area contributed by atoms with Crippen molar-refractivity contribution < 1.29 is 0 Å².